The largest absolute Gasteiger partial charge is 0.504 e. The Kier molecular flexibility index (Phi) is 5.43. The summed E-state index contributed by atoms with van der Waals surface area (Å²) in [5, 5.41) is 11.2. The lowest BCUT2D eigenvalue weighted by Crippen LogP contribution is -2.49. The predicted octanol–water partition coefficient (Wildman–Crippen LogP) is 2.71. The number of aromatic hydroxyl groups is 1. The van der Waals surface area contributed by atoms with Gasteiger partial charge in [-0.3, -0.25) is 19.2 Å². The lowest BCUT2D eigenvalue weighted by atomic mass is 9.51. The van der Waals surface area contributed by atoms with Crippen molar-refractivity contribution < 1.29 is 33.8 Å². The molecule has 2 aliphatic heterocycles. The van der Waals surface area contributed by atoms with Crippen molar-refractivity contribution in [1.29, 1.82) is 0 Å². The van der Waals surface area contributed by atoms with Crippen LogP contribution in [0.2, 0.25) is 0 Å². The number of imide groups is 4. The zero-order chi connectivity index (χ0) is 27.8. The number of anilines is 1. The molecule has 6 rings (SSSR count). The molecular weight excluding hydrogens is 502 g/mol. The van der Waals surface area contributed by atoms with Crippen LogP contribution in [0, 0.1) is 29.1 Å². The summed E-state index contributed by atoms with van der Waals surface area (Å²) in [7, 11) is 1.42. The van der Waals surface area contributed by atoms with E-state index in [0.717, 1.165) is 0 Å². The first kappa shape index (κ1) is 24.8. The number of phenols is 1. The number of methoxy groups -OCH3 is 1. The van der Waals surface area contributed by atoms with Crippen molar-refractivity contribution in [2.75, 3.05) is 12.0 Å². The number of ether oxygens (including phenoxy) is 1. The topological polar surface area (TPSA) is 147 Å². The van der Waals surface area contributed by atoms with Crippen LogP contribution in [-0.2, 0) is 19.2 Å². The molecule has 6 atom stereocenters. The number of benzene rings is 2. The number of urea groups is 1. The van der Waals surface area contributed by atoms with Crippen molar-refractivity contribution in [3.63, 3.8) is 0 Å². The highest BCUT2D eigenvalue weighted by atomic mass is 16.5. The summed E-state index contributed by atoms with van der Waals surface area (Å²) in [4.78, 5) is 68.3. The third-order valence-corrected chi connectivity index (χ3v) is 9.07. The van der Waals surface area contributed by atoms with E-state index >= 15 is 0 Å². The zero-order valence-corrected chi connectivity index (χ0v) is 21.4. The van der Waals surface area contributed by atoms with E-state index in [-0.39, 0.29) is 24.3 Å². The summed E-state index contributed by atoms with van der Waals surface area (Å²) in [6.07, 6.45) is 2.12. The van der Waals surface area contributed by atoms with Crippen molar-refractivity contribution in [1.82, 2.24) is 4.90 Å². The predicted molar refractivity (Wildman–Crippen MR) is 137 cm³/mol. The number of carbonyl (C=O) groups excluding carboxylic acids is 5. The van der Waals surface area contributed by atoms with Crippen LogP contribution in [0.15, 0.2) is 60.2 Å². The Hall–Kier alpha value is -4.47. The highest BCUT2D eigenvalue weighted by molar-refractivity contribution is 6.24. The molecule has 10 heteroatoms. The molecule has 1 saturated carbocycles. The number of primary amides is 1. The van der Waals surface area contributed by atoms with Crippen LogP contribution in [0.3, 0.4) is 0 Å². The van der Waals surface area contributed by atoms with E-state index in [4.69, 9.17) is 10.5 Å². The van der Waals surface area contributed by atoms with Gasteiger partial charge >= 0.3 is 6.03 Å². The first-order valence-electron chi connectivity index (χ1n) is 12.8. The Morgan fingerprint density at radius 1 is 1.00 bits per heavy atom. The fourth-order valence-corrected chi connectivity index (χ4v) is 7.34. The van der Waals surface area contributed by atoms with Crippen molar-refractivity contribution in [3.05, 3.63) is 65.7 Å². The zero-order valence-electron chi connectivity index (χ0n) is 21.4. The van der Waals surface area contributed by atoms with Crippen LogP contribution in [0.1, 0.15) is 31.2 Å². The van der Waals surface area contributed by atoms with E-state index in [1.807, 2.05) is 6.08 Å². The molecule has 3 N–H and O–H groups in total. The molecule has 6 unspecified atom stereocenters. The minimum Gasteiger partial charge on any atom is -0.504 e. The van der Waals surface area contributed by atoms with Gasteiger partial charge in [0, 0.05) is 11.5 Å². The molecule has 0 radical (unpaired) electrons. The normalized spacial score (nSPS) is 31.5. The average molecular weight is 530 g/mol. The van der Waals surface area contributed by atoms with Gasteiger partial charge in [0.1, 0.15) is 0 Å². The molecule has 2 saturated heterocycles. The van der Waals surface area contributed by atoms with Gasteiger partial charge < -0.3 is 15.6 Å². The van der Waals surface area contributed by atoms with Crippen LogP contribution >= 0.6 is 0 Å². The standard InChI is InChI=1S/C29H27N3O7/c1-29-19(25(35)31(27(29)37)14-7-4-3-5-8-14)13-18-15(22(29)17-9-6-10-20(39-2)23(17)33)11-12-16-21(18)26(36)32(24(16)34)28(30)38/h3-11,16,18-19,21-22,33H,12-13H2,1-2H3,(H2,30,38). The Morgan fingerprint density at radius 2 is 1.72 bits per heavy atom. The van der Waals surface area contributed by atoms with Crippen molar-refractivity contribution in [2.45, 2.75) is 25.7 Å². The molecule has 0 aromatic heterocycles. The van der Waals surface area contributed by atoms with Gasteiger partial charge in [-0.1, -0.05) is 42.0 Å². The quantitative estimate of drug-likeness (QED) is 0.459. The molecule has 39 heavy (non-hydrogen) atoms. The number of carbonyl (C=O) groups is 5. The van der Waals surface area contributed by atoms with Gasteiger partial charge in [0.25, 0.3) is 0 Å². The van der Waals surface area contributed by atoms with E-state index < -0.39 is 64.7 Å². The highest BCUT2D eigenvalue weighted by Gasteiger charge is 2.68. The van der Waals surface area contributed by atoms with Gasteiger partial charge in [-0.05, 0) is 43.9 Å². The van der Waals surface area contributed by atoms with Crippen molar-refractivity contribution >= 4 is 35.3 Å². The number of para-hydroxylation sites is 2. The molecule has 2 aliphatic carbocycles. The second-order valence-electron chi connectivity index (χ2n) is 10.7. The number of rotatable bonds is 3. The first-order chi connectivity index (χ1) is 18.6. The second kappa shape index (κ2) is 8.52. The lowest BCUT2D eigenvalue weighted by molar-refractivity contribution is -0.136. The Bertz CT molecular complexity index is 1480. The molecular formula is C29H27N3O7. The fraction of sp³-hybridized carbons (Fsp3) is 0.345. The number of allylic oxidation sites excluding steroid dienone is 2. The van der Waals surface area contributed by atoms with Gasteiger partial charge in [0.05, 0.1) is 36.0 Å². The van der Waals surface area contributed by atoms with Gasteiger partial charge in [0.15, 0.2) is 11.5 Å². The Labute approximate surface area is 224 Å². The Balaban J connectivity index is 1.56. The van der Waals surface area contributed by atoms with Gasteiger partial charge in [0.2, 0.25) is 23.6 Å². The molecule has 2 aromatic carbocycles. The number of phenolic OH excluding ortho intramolecular Hbond substituents is 1. The smallest absolute Gasteiger partial charge is 0.328 e. The molecule has 2 heterocycles. The van der Waals surface area contributed by atoms with Gasteiger partial charge in [-0.15, -0.1) is 0 Å². The maximum Gasteiger partial charge on any atom is 0.328 e. The number of nitrogens with zero attached hydrogens (tertiary/aromatic N) is 2. The molecule has 3 fully saturated rings. The van der Waals surface area contributed by atoms with E-state index in [2.05, 4.69) is 0 Å². The molecule has 0 spiro atoms. The number of hydrogen-bond donors (Lipinski definition) is 2. The van der Waals surface area contributed by atoms with E-state index in [0.29, 0.717) is 21.7 Å². The monoisotopic (exact) mass is 529 g/mol. The van der Waals surface area contributed by atoms with Crippen LogP contribution in [-0.4, -0.2) is 46.8 Å². The maximum absolute atomic E-state index is 14.3. The first-order valence-corrected chi connectivity index (χ1v) is 12.8. The van der Waals surface area contributed by atoms with Crippen molar-refractivity contribution in [2.24, 2.45) is 34.8 Å². The summed E-state index contributed by atoms with van der Waals surface area (Å²) in [6.45, 7) is 1.73. The minimum atomic E-state index is -1.30. The van der Waals surface area contributed by atoms with Crippen molar-refractivity contribution in [3.8, 4) is 11.5 Å². The summed E-state index contributed by atoms with van der Waals surface area (Å²) in [5.41, 5.74) is 5.57. The van der Waals surface area contributed by atoms with Gasteiger partial charge in [-0.25, -0.2) is 9.69 Å². The van der Waals surface area contributed by atoms with Crippen LogP contribution in [0.4, 0.5) is 10.5 Å². The number of amides is 6. The average Bonchev–Trinajstić information content (AvgIpc) is 3.29. The molecule has 0 bridgehead atoms. The highest BCUT2D eigenvalue weighted by Crippen LogP contribution is 2.64. The van der Waals surface area contributed by atoms with Crippen LogP contribution in [0.25, 0.3) is 0 Å². The van der Waals surface area contributed by atoms with Gasteiger partial charge in [-0.2, -0.15) is 4.90 Å². The number of likely N-dealkylation sites (tertiary alicyclic amines) is 1. The summed E-state index contributed by atoms with van der Waals surface area (Å²) < 4.78 is 5.35. The fourth-order valence-electron chi connectivity index (χ4n) is 7.34. The third-order valence-electron chi connectivity index (χ3n) is 9.07. The number of hydrogen-bond acceptors (Lipinski definition) is 7. The summed E-state index contributed by atoms with van der Waals surface area (Å²) >= 11 is 0. The lowest BCUT2D eigenvalue weighted by Gasteiger charge is -2.49. The molecule has 6 amide bonds. The van der Waals surface area contributed by atoms with Crippen LogP contribution in [0.5, 0.6) is 11.5 Å². The summed E-state index contributed by atoms with van der Waals surface area (Å²) in [6, 6.07) is 12.4. The molecule has 4 aliphatic rings. The SMILES string of the molecule is COc1cccc(C2C3=CCC4C(=O)N(C(N)=O)C(=O)C4C3CC3C(=O)N(c4ccccc4)C(=O)C32C)c1O. The van der Waals surface area contributed by atoms with E-state index in [1.54, 1.807) is 55.5 Å². The summed E-state index contributed by atoms with van der Waals surface area (Å²) in [5.74, 6) is -6.10. The van der Waals surface area contributed by atoms with E-state index in [9.17, 15) is 29.1 Å². The molecule has 200 valence electrons. The molecule has 2 aromatic rings. The second-order valence-corrected chi connectivity index (χ2v) is 10.7. The van der Waals surface area contributed by atoms with Crippen LogP contribution < -0.4 is 15.4 Å². The van der Waals surface area contributed by atoms with E-state index in [1.165, 1.54) is 12.0 Å². The number of fused-ring (bicyclic) bond motifs is 4. The minimum absolute atomic E-state index is 0.129. The maximum atomic E-state index is 14.3. The molecule has 10 nitrogen and oxygen atoms in total. The Morgan fingerprint density at radius 3 is 2.38 bits per heavy atom. The third kappa shape index (κ3) is 3.17. The number of nitrogens with two attached hydrogens (primary N) is 1.